The molecule has 0 N–H and O–H groups in total. The van der Waals surface area contributed by atoms with Gasteiger partial charge in [-0.2, -0.15) is 9.78 Å². The van der Waals surface area contributed by atoms with Crippen molar-refractivity contribution in [1.29, 1.82) is 0 Å². The van der Waals surface area contributed by atoms with Crippen molar-refractivity contribution in [2.45, 2.75) is 30.7 Å². The van der Waals surface area contributed by atoms with Gasteiger partial charge in [-0.1, -0.05) is 23.2 Å². The number of amides is 1. The van der Waals surface area contributed by atoms with Crippen LogP contribution in [0.15, 0.2) is 34.3 Å². The van der Waals surface area contributed by atoms with Crippen LogP contribution in [0.25, 0.3) is 0 Å². The summed E-state index contributed by atoms with van der Waals surface area (Å²) in [4.78, 5) is 26.0. The van der Waals surface area contributed by atoms with Crippen LogP contribution in [0, 0.1) is 0 Å². The van der Waals surface area contributed by atoms with E-state index in [1.807, 2.05) is 0 Å². The first-order chi connectivity index (χ1) is 13.2. The van der Waals surface area contributed by atoms with Gasteiger partial charge >= 0.3 is 12.0 Å². The van der Waals surface area contributed by atoms with Gasteiger partial charge in [0.05, 0.1) is 22.7 Å². The molecule has 0 unspecified atom stereocenters. The summed E-state index contributed by atoms with van der Waals surface area (Å²) in [6.07, 6.45) is 1.05. The zero-order valence-electron chi connectivity index (χ0n) is 15.5. The Morgan fingerprint density at radius 1 is 1.18 bits per heavy atom. The predicted octanol–water partition coefficient (Wildman–Crippen LogP) is 3.51. The van der Waals surface area contributed by atoms with Crippen molar-refractivity contribution in [2.24, 2.45) is 0 Å². The summed E-state index contributed by atoms with van der Waals surface area (Å²) in [5.41, 5.74) is -0.363. The van der Waals surface area contributed by atoms with Crippen LogP contribution in [0.1, 0.15) is 31.1 Å². The number of sulfone groups is 1. The first-order valence-electron chi connectivity index (χ1n) is 8.43. The highest BCUT2D eigenvalue weighted by atomic mass is 35.5. The second-order valence-corrected chi connectivity index (χ2v) is 8.22. The quantitative estimate of drug-likeness (QED) is 0.628. The molecule has 0 aliphatic carbocycles. The average Bonchev–Trinajstić information content (AvgIpc) is 3.11. The predicted molar refractivity (Wildman–Crippen MR) is 104 cm³/mol. The molecule has 0 radical (unpaired) electrons. The number of aromatic nitrogens is 2. The average molecular weight is 448 g/mol. The number of hydrogen-bond acceptors (Lipinski definition) is 6. The number of carbonyl (C=O) groups excluding carboxylic acids is 2. The second-order valence-electron chi connectivity index (χ2n) is 5.55. The normalized spacial score (nSPS) is 11.3. The molecule has 0 spiro atoms. The second kappa shape index (κ2) is 8.93. The van der Waals surface area contributed by atoms with Crippen LogP contribution in [0.2, 0.25) is 10.0 Å². The molecule has 0 aliphatic rings. The van der Waals surface area contributed by atoms with E-state index in [1.54, 1.807) is 20.8 Å². The van der Waals surface area contributed by atoms with Gasteiger partial charge < -0.3 is 9.64 Å². The van der Waals surface area contributed by atoms with E-state index in [-0.39, 0.29) is 27.1 Å². The van der Waals surface area contributed by atoms with Gasteiger partial charge in [-0.05, 0) is 39.0 Å². The zero-order valence-corrected chi connectivity index (χ0v) is 17.8. The van der Waals surface area contributed by atoms with Gasteiger partial charge in [-0.3, -0.25) is 0 Å². The van der Waals surface area contributed by atoms with Gasteiger partial charge in [0, 0.05) is 18.1 Å². The Morgan fingerprint density at radius 3 is 2.39 bits per heavy atom. The molecule has 2 rings (SSSR count). The molecule has 0 bridgehead atoms. The number of carbonyl (C=O) groups is 2. The third-order valence-corrected chi connectivity index (χ3v) is 6.25. The fourth-order valence-corrected chi connectivity index (χ4v) is 4.53. The lowest BCUT2D eigenvalue weighted by Gasteiger charge is -2.17. The van der Waals surface area contributed by atoms with Crippen LogP contribution in [-0.4, -0.2) is 54.8 Å². The highest BCUT2D eigenvalue weighted by molar-refractivity contribution is 7.91. The van der Waals surface area contributed by atoms with Crippen molar-refractivity contribution >= 4 is 45.0 Å². The lowest BCUT2D eigenvalue weighted by atomic mass is 10.4. The van der Waals surface area contributed by atoms with E-state index < -0.39 is 26.9 Å². The number of hydrogen-bond donors (Lipinski definition) is 0. The monoisotopic (exact) mass is 447 g/mol. The minimum absolute atomic E-state index is 0.0193. The fourth-order valence-electron chi connectivity index (χ4n) is 2.43. The van der Waals surface area contributed by atoms with Crippen molar-refractivity contribution in [2.75, 3.05) is 19.7 Å². The lowest BCUT2D eigenvalue weighted by Crippen LogP contribution is -2.34. The topological polar surface area (TPSA) is 98.6 Å². The molecule has 11 heteroatoms. The van der Waals surface area contributed by atoms with Gasteiger partial charge in [0.15, 0.2) is 5.03 Å². The minimum Gasteiger partial charge on any atom is -0.462 e. The Kier molecular flexibility index (Phi) is 7.08. The van der Waals surface area contributed by atoms with E-state index in [0.717, 1.165) is 16.9 Å². The summed E-state index contributed by atoms with van der Waals surface area (Å²) >= 11 is 11.9. The smallest absolute Gasteiger partial charge is 0.344 e. The minimum atomic E-state index is -4.36. The molecule has 28 heavy (non-hydrogen) atoms. The Hall–Kier alpha value is -2.10. The Balaban J connectivity index is 2.69. The number of ether oxygens (including phenoxy) is 1. The molecule has 0 aliphatic heterocycles. The molecule has 0 atom stereocenters. The lowest BCUT2D eigenvalue weighted by molar-refractivity contribution is 0.0522. The number of esters is 1. The maximum atomic E-state index is 13.1. The zero-order chi connectivity index (χ0) is 21.1. The van der Waals surface area contributed by atoms with E-state index in [4.69, 9.17) is 27.9 Å². The molecule has 1 aromatic carbocycles. The fraction of sp³-hybridized carbons (Fsp3) is 0.353. The summed E-state index contributed by atoms with van der Waals surface area (Å²) in [5, 5.41) is 3.30. The van der Waals surface area contributed by atoms with Crippen molar-refractivity contribution in [3.05, 3.63) is 40.0 Å². The van der Waals surface area contributed by atoms with E-state index in [2.05, 4.69) is 5.10 Å². The van der Waals surface area contributed by atoms with E-state index in [1.165, 1.54) is 17.0 Å². The highest BCUT2D eigenvalue weighted by Crippen LogP contribution is 2.31. The summed E-state index contributed by atoms with van der Waals surface area (Å²) in [5.74, 6) is -0.919. The van der Waals surface area contributed by atoms with Gasteiger partial charge in [-0.15, -0.1) is 0 Å². The van der Waals surface area contributed by atoms with Gasteiger partial charge in [0.25, 0.3) is 0 Å². The van der Waals surface area contributed by atoms with E-state index in [0.29, 0.717) is 13.1 Å². The molecular weight excluding hydrogens is 429 g/mol. The summed E-state index contributed by atoms with van der Waals surface area (Å²) in [7, 11) is -4.36. The van der Waals surface area contributed by atoms with Crippen LogP contribution in [0.5, 0.6) is 0 Å². The molecular formula is C17H19Cl2N3O5S. The van der Waals surface area contributed by atoms with E-state index >= 15 is 0 Å². The molecule has 1 aromatic heterocycles. The molecule has 1 heterocycles. The molecule has 2 aromatic rings. The Bertz CT molecular complexity index is 1000. The van der Waals surface area contributed by atoms with Crippen molar-refractivity contribution in [1.82, 2.24) is 14.7 Å². The summed E-state index contributed by atoms with van der Waals surface area (Å²) < 4.78 is 32.0. The van der Waals surface area contributed by atoms with E-state index in [9.17, 15) is 18.0 Å². The van der Waals surface area contributed by atoms with Gasteiger partial charge in [-0.25, -0.2) is 18.0 Å². The Morgan fingerprint density at radius 2 is 1.82 bits per heavy atom. The maximum absolute atomic E-state index is 13.1. The van der Waals surface area contributed by atoms with Crippen molar-refractivity contribution < 1.29 is 22.7 Å². The molecule has 8 nitrogen and oxygen atoms in total. The van der Waals surface area contributed by atoms with Gasteiger partial charge in [0.1, 0.15) is 5.56 Å². The van der Waals surface area contributed by atoms with Gasteiger partial charge in [0.2, 0.25) is 9.84 Å². The number of nitrogens with zero attached hydrogens (tertiary/aromatic N) is 3. The Labute approximate surface area is 172 Å². The summed E-state index contributed by atoms with van der Waals surface area (Å²) in [6.45, 7) is 5.89. The van der Waals surface area contributed by atoms with Crippen LogP contribution >= 0.6 is 23.2 Å². The molecule has 152 valence electrons. The third kappa shape index (κ3) is 4.31. The number of rotatable bonds is 6. The SMILES string of the molecule is CCOC(=O)c1cn(C(=O)N(CC)CC)nc1S(=O)(=O)c1cc(Cl)ccc1Cl. The molecule has 0 fully saturated rings. The van der Waals surface area contributed by atoms with Crippen LogP contribution in [0.3, 0.4) is 0 Å². The van der Waals surface area contributed by atoms with Crippen LogP contribution < -0.4 is 0 Å². The largest absolute Gasteiger partial charge is 0.462 e. The summed E-state index contributed by atoms with van der Waals surface area (Å²) in [6, 6.07) is 3.32. The number of benzene rings is 1. The number of halogens is 2. The molecule has 0 saturated carbocycles. The highest BCUT2D eigenvalue weighted by Gasteiger charge is 2.33. The van der Waals surface area contributed by atoms with Crippen LogP contribution in [-0.2, 0) is 14.6 Å². The maximum Gasteiger partial charge on any atom is 0.344 e. The first-order valence-corrected chi connectivity index (χ1v) is 10.7. The standard InChI is InChI=1S/C17H19Cl2N3O5S/c1-4-21(5-2)17(24)22-10-12(16(23)27-6-3)15(20-22)28(25,26)14-9-11(18)7-8-13(14)19/h7-10H,4-6H2,1-3H3. The van der Waals surface area contributed by atoms with Crippen LogP contribution in [0.4, 0.5) is 4.79 Å². The van der Waals surface area contributed by atoms with Crippen molar-refractivity contribution in [3.8, 4) is 0 Å². The first kappa shape index (κ1) is 22.2. The van der Waals surface area contributed by atoms with Crippen molar-refractivity contribution in [3.63, 3.8) is 0 Å². The molecule has 1 amide bonds. The third-order valence-electron chi connectivity index (χ3n) is 3.84. The molecule has 0 saturated heterocycles.